The molecule has 2 heteroatoms. The Bertz CT molecular complexity index is 559. The zero-order chi connectivity index (χ0) is 13.1. The smallest absolute Gasteiger partial charge is 0.123 e. The van der Waals surface area contributed by atoms with E-state index in [0.29, 0.717) is 5.82 Å². The van der Waals surface area contributed by atoms with E-state index in [1.807, 2.05) is 13.0 Å². The summed E-state index contributed by atoms with van der Waals surface area (Å²) in [6, 6.07) is 10.7. The Balaban J connectivity index is 2.60. The second-order valence-electron chi connectivity index (χ2n) is 4.57. The van der Waals surface area contributed by atoms with Crippen LogP contribution in [-0.2, 0) is 12.8 Å². The first-order valence-electron chi connectivity index (χ1n) is 6.51. The third-order valence-corrected chi connectivity index (χ3v) is 3.36. The Labute approximate surface area is 109 Å². The van der Waals surface area contributed by atoms with E-state index in [0.717, 1.165) is 18.5 Å². The summed E-state index contributed by atoms with van der Waals surface area (Å²) in [4.78, 5) is 4.36. The topological polar surface area (TPSA) is 38.9 Å². The standard InChI is InChI=1S/C16H20N2/c1-4-12-6-7-13(5-2)15(10-12)14-8-9-16(17)18-11(14)3/h6-10H,4-5H2,1-3H3,(H2,17,18). The molecule has 0 spiro atoms. The van der Waals surface area contributed by atoms with Gasteiger partial charge in [-0.3, -0.25) is 0 Å². The molecule has 0 fully saturated rings. The summed E-state index contributed by atoms with van der Waals surface area (Å²) in [5.41, 5.74) is 11.9. The van der Waals surface area contributed by atoms with Crippen LogP contribution in [0.15, 0.2) is 30.3 Å². The van der Waals surface area contributed by atoms with Crippen LogP contribution in [0.2, 0.25) is 0 Å². The summed E-state index contributed by atoms with van der Waals surface area (Å²) in [5.74, 6) is 0.584. The molecule has 18 heavy (non-hydrogen) atoms. The fourth-order valence-corrected chi connectivity index (χ4v) is 2.27. The van der Waals surface area contributed by atoms with Crippen LogP contribution in [0.5, 0.6) is 0 Å². The minimum Gasteiger partial charge on any atom is -0.384 e. The van der Waals surface area contributed by atoms with Crippen LogP contribution in [0.3, 0.4) is 0 Å². The van der Waals surface area contributed by atoms with E-state index in [1.54, 1.807) is 0 Å². The molecule has 0 saturated carbocycles. The third-order valence-electron chi connectivity index (χ3n) is 3.36. The average molecular weight is 240 g/mol. The quantitative estimate of drug-likeness (QED) is 0.887. The van der Waals surface area contributed by atoms with Crippen molar-refractivity contribution in [2.24, 2.45) is 0 Å². The van der Waals surface area contributed by atoms with Crippen LogP contribution in [-0.4, -0.2) is 4.98 Å². The van der Waals surface area contributed by atoms with Crippen LogP contribution in [0.4, 0.5) is 5.82 Å². The monoisotopic (exact) mass is 240 g/mol. The van der Waals surface area contributed by atoms with Crippen molar-refractivity contribution in [1.82, 2.24) is 4.98 Å². The number of nitrogens with zero attached hydrogens (tertiary/aromatic N) is 1. The number of benzene rings is 1. The lowest BCUT2D eigenvalue weighted by Crippen LogP contribution is -1.97. The molecule has 0 aliphatic rings. The fraction of sp³-hybridized carbons (Fsp3) is 0.312. The Morgan fingerprint density at radius 2 is 1.78 bits per heavy atom. The van der Waals surface area contributed by atoms with Crippen molar-refractivity contribution in [1.29, 1.82) is 0 Å². The van der Waals surface area contributed by atoms with Crippen molar-refractivity contribution in [3.05, 3.63) is 47.2 Å². The summed E-state index contributed by atoms with van der Waals surface area (Å²) in [5, 5.41) is 0. The van der Waals surface area contributed by atoms with Crippen molar-refractivity contribution in [3.63, 3.8) is 0 Å². The maximum atomic E-state index is 5.72. The predicted molar refractivity (Wildman–Crippen MR) is 77.6 cm³/mol. The van der Waals surface area contributed by atoms with Gasteiger partial charge >= 0.3 is 0 Å². The summed E-state index contributed by atoms with van der Waals surface area (Å²) < 4.78 is 0. The minimum absolute atomic E-state index is 0.584. The lowest BCUT2D eigenvalue weighted by atomic mass is 9.94. The van der Waals surface area contributed by atoms with Crippen LogP contribution in [0, 0.1) is 6.92 Å². The Hall–Kier alpha value is -1.83. The van der Waals surface area contributed by atoms with Crippen LogP contribution >= 0.6 is 0 Å². The number of hydrogen-bond acceptors (Lipinski definition) is 2. The second-order valence-corrected chi connectivity index (χ2v) is 4.57. The maximum absolute atomic E-state index is 5.72. The molecule has 1 heterocycles. The summed E-state index contributed by atoms with van der Waals surface area (Å²) in [6.07, 6.45) is 2.08. The zero-order valence-corrected chi connectivity index (χ0v) is 11.3. The molecular weight excluding hydrogens is 220 g/mol. The van der Waals surface area contributed by atoms with Crippen molar-refractivity contribution in [2.45, 2.75) is 33.6 Å². The lowest BCUT2D eigenvalue weighted by Gasteiger charge is -2.12. The largest absolute Gasteiger partial charge is 0.384 e. The first-order valence-corrected chi connectivity index (χ1v) is 6.51. The first-order chi connectivity index (χ1) is 8.65. The Kier molecular flexibility index (Phi) is 3.66. The van der Waals surface area contributed by atoms with Gasteiger partial charge < -0.3 is 5.73 Å². The normalized spacial score (nSPS) is 10.6. The van der Waals surface area contributed by atoms with Gasteiger partial charge in [-0.25, -0.2) is 4.98 Å². The maximum Gasteiger partial charge on any atom is 0.123 e. The Morgan fingerprint density at radius 1 is 1.00 bits per heavy atom. The second kappa shape index (κ2) is 5.21. The molecule has 0 radical (unpaired) electrons. The van der Waals surface area contributed by atoms with E-state index >= 15 is 0 Å². The van der Waals surface area contributed by atoms with Gasteiger partial charge in [-0.15, -0.1) is 0 Å². The number of rotatable bonds is 3. The van der Waals surface area contributed by atoms with Gasteiger partial charge in [0.05, 0.1) is 0 Å². The SMILES string of the molecule is CCc1ccc(CC)c(-c2ccc(N)nc2C)c1. The van der Waals surface area contributed by atoms with Crippen molar-refractivity contribution in [2.75, 3.05) is 5.73 Å². The van der Waals surface area contributed by atoms with Crippen molar-refractivity contribution in [3.8, 4) is 11.1 Å². The predicted octanol–water partition coefficient (Wildman–Crippen LogP) is 3.76. The molecule has 0 aliphatic carbocycles. The molecule has 0 atom stereocenters. The minimum atomic E-state index is 0.584. The van der Waals surface area contributed by atoms with E-state index in [4.69, 9.17) is 5.73 Å². The number of nitrogen functional groups attached to an aromatic ring is 1. The molecule has 94 valence electrons. The molecule has 1 aromatic carbocycles. The lowest BCUT2D eigenvalue weighted by molar-refractivity contribution is 1.10. The molecule has 2 N–H and O–H groups in total. The molecule has 2 nitrogen and oxygen atoms in total. The van der Waals surface area contributed by atoms with Gasteiger partial charge in [0.25, 0.3) is 0 Å². The van der Waals surface area contributed by atoms with E-state index < -0.39 is 0 Å². The van der Waals surface area contributed by atoms with Crippen molar-refractivity contribution >= 4 is 5.82 Å². The molecule has 0 aliphatic heterocycles. The van der Waals surface area contributed by atoms with E-state index in [1.165, 1.54) is 22.3 Å². The van der Waals surface area contributed by atoms with Gasteiger partial charge in [-0.05, 0) is 48.6 Å². The summed E-state index contributed by atoms with van der Waals surface area (Å²) in [7, 11) is 0. The highest BCUT2D eigenvalue weighted by molar-refractivity contribution is 5.71. The number of pyridine rings is 1. The average Bonchev–Trinajstić information content (AvgIpc) is 2.38. The number of hydrogen-bond donors (Lipinski definition) is 1. The molecule has 0 bridgehead atoms. The first kappa shape index (κ1) is 12.6. The van der Waals surface area contributed by atoms with Crippen LogP contribution < -0.4 is 5.73 Å². The van der Waals surface area contributed by atoms with Crippen LogP contribution in [0.25, 0.3) is 11.1 Å². The van der Waals surface area contributed by atoms with Gasteiger partial charge in [0.15, 0.2) is 0 Å². The van der Waals surface area contributed by atoms with E-state index in [-0.39, 0.29) is 0 Å². The Morgan fingerprint density at radius 3 is 2.39 bits per heavy atom. The highest BCUT2D eigenvalue weighted by Gasteiger charge is 2.08. The fourth-order valence-electron chi connectivity index (χ4n) is 2.27. The summed E-state index contributed by atoms with van der Waals surface area (Å²) >= 11 is 0. The third kappa shape index (κ3) is 2.37. The molecular formula is C16H20N2. The van der Waals surface area contributed by atoms with Gasteiger partial charge in [0, 0.05) is 11.3 Å². The van der Waals surface area contributed by atoms with Crippen LogP contribution in [0.1, 0.15) is 30.7 Å². The van der Waals surface area contributed by atoms with Crippen molar-refractivity contribution < 1.29 is 0 Å². The summed E-state index contributed by atoms with van der Waals surface area (Å²) in [6.45, 7) is 6.38. The number of aromatic nitrogens is 1. The molecule has 0 unspecified atom stereocenters. The molecule has 2 rings (SSSR count). The number of aryl methyl sites for hydroxylation is 3. The molecule has 0 saturated heterocycles. The van der Waals surface area contributed by atoms with E-state index in [2.05, 4.69) is 43.1 Å². The van der Waals surface area contributed by atoms with Gasteiger partial charge in [0.1, 0.15) is 5.82 Å². The highest BCUT2D eigenvalue weighted by atomic mass is 14.8. The molecule has 2 aromatic rings. The molecule has 0 amide bonds. The zero-order valence-electron chi connectivity index (χ0n) is 11.3. The highest BCUT2D eigenvalue weighted by Crippen LogP contribution is 2.28. The van der Waals surface area contributed by atoms with Gasteiger partial charge in [-0.1, -0.05) is 32.0 Å². The van der Waals surface area contributed by atoms with Gasteiger partial charge in [0.2, 0.25) is 0 Å². The number of nitrogens with two attached hydrogens (primary N) is 1. The number of anilines is 1. The molecule has 1 aromatic heterocycles. The van der Waals surface area contributed by atoms with E-state index in [9.17, 15) is 0 Å². The van der Waals surface area contributed by atoms with Gasteiger partial charge in [-0.2, -0.15) is 0 Å².